The maximum atomic E-state index is 12.6. The summed E-state index contributed by atoms with van der Waals surface area (Å²) in [6.07, 6.45) is 2.11. The Hall–Kier alpha value is 0.352. The molecule has 1 aliphatic heterocycles. The van der Waals surface area contributed by atoms with Crippen LogP contribution in [0.15, 0.2) is 0 Å². The Kier molecular flexibility index (Phi) is 8.24. The maximum Gasteiger partial charge on any atom is 0.330 e. The third-order valence-corrected chi connectivity index (χ3v) is 11.7. The van der Waals surface area contributed by atoms with Gasteiger partial charge < -0.3 is 18.2 Å². The fourth-order valence-corrected chi connectivity index (χ4v) is 5.77. The average molecular weight is 378 g/mol. The minimum Gasteiger partial charge on any atom is -0.412 e. The predicted molar refractivity (Wildman–Crippen MR) is 104 cm³/mol. The van der Waals surface area contributed by atoms with E-state index in [1.54, 1.807) is 0 Å². The Morgan fingerprint density at radius 1 is 1.21 bits per heavy atom. The van der Waals surface area contributed by atoms with Crippen molar-refractivity contribution in [2.45, 2.75) is 83.8 Å². The van der Waals surface area contributed by atoms with Gasteiger partial charge in [-0.3, -0.25) is 4.57 Å². The molecule has 0 aromatic carbocycles. The molecule has 0 bridgehead atoms. The molecule has 1 unspecified atom stereocenters. The van der Waals surface area contributed by atoms with Crippen LogP contribution in [0.4, 0.5) is 0 Å². The van der Waals surface area contributed by atoms with Crippen LogP contribution in [0, 0.1) is 0 Å². The quantitative estimate of drug-likeness (QED) is 0.452. The van der Waals surface area contributed by atoms with E-state index in [0.29, 0.717) is 25.8 Å². The van der Waals surface area contributed by atoms with E-state index in [4.69, 9.17) is 18.2 Å². The Morgan fingerprint density at radius 3 is 2.21 bits per heavy atom. The molecule has 0 radical (unpaired) electrons. The fourth-order valence-electron chi connectivity index (χ4n) is 2.64. The van der Waals surface area contributed by atoms with Crippen molar-refractivity contribution in [1.82, 2.24) is 0 Å². The summed E-state index contributed by atoms with van der Waals surface area (Å²) in [4.78, 5) is 0. The van der Waals surface area contributed by atoms with Gasteiger partial charge in [0, 0.05) is 12.4 Å². The smallest absolute Gasteiger partial charge is 0.330 e. The van der Waals surface area contributed by atoms with Crippen molar-refractivity contribution < 1.29 is 22.8 Å². The normalized spacial score (nSPS) is 26.0. The van der Waals surface area contributed by atoms with Crippen molar-refractivity contribution in [2.24, 2.45) is 0 Å². The summed E-state index contributed by atoms with van der Waals surface area (Å²) in [6.45, 7) is 15.8. The highest BCUT2D eigenvalue weighted by Gasteiger charge is 2.43. The zero-order valence-corrected chi connectivity index (χ0v) is 18.7. The summed E-state index contributed by atoms with van der Waals surface area (Å²) in [7, 11) is -2.73. The van der Waals surface area contributed by atoms with E-state index in [9.17, 15) is 4.57 Å². The second-order valence-electron chi connectivity index (χ2n) is 8.07. The first kappa shape index (κ1) is 22.4. The largest absolute Gasteiger partial charge is 0.412 e. The molecule has 1 aliphatic rings. The number of rotatable bonds is 9. The van der Waals surface area contributed by atoms with Gasteiger partial charge in [0.25, 0.3) is 0 Å². The Balaban J connectivity index is 2.59. The van der Waals surface area contributed by atoms with E-state index < -0.39 is 15.9 Å². The molecule has 0 saturated carbocycles. The van der Waals surface area contributed by atoms with E-state index in [1.165, 1.54) is 0 Å². The lowest BCUT2D eigenvalue weighted by molar-refractivity contribution is 0.0608. The highest BCUT2D eigenvalue weighted by Crippen LogP contribution is 2.49. The van der Waals surface area contributed by atoms with Gasteiger partial charge in [-0.15, -0.1) is 0 Å². The topological polar surface area (TPSA) is 54.0 Å². The molecular weight excluding hydrogens is 342 g/mol. The van der Waals surface area contributed by atoms with E-state index in [1.807, 2.05) is 13.8 Å². The molecule has 0 spiro atoms. The van der Waals surface area contributed by atoms with Crippen molar-refractivity contribution in [3.05, 3.63) is 0 Å². The predicted octanol–water partition coefficient (Wildman–Crippen LogP) is 3.78. The average Bonchev–Trinajstić information content (AvgIpc) is 2.76. The van der Waals surface area contributed by atoms with E-state index in [0.717, 1.165) is 6.42 Å². The van der Waals surface area contributed by atoms with Crippen LogP contribution in [-0.2, 0) is 22.8 Å². The molecule has 5 nitrogen and oxygen atoms in total. The van der Waals surface area contributed by atoms with Crippen LogP contribution >= 0.6 is 7.60 Å². The van der Waals surface area contributed by atoms with E-state index in [2.05, 4.69) is 41.7 Å². The standard InChI is InChI=1S/C16H36BO5PSi/c1-8-19-23(18,20-9-2)11-10-13-12-14(15(17)21-13)22-24(6,7)16(3,4)5/h13-15H,8-12,17H2,1-7H3/t13-,14?,15-/m1/s1. The minimum absolute atomic E-state index is 0.0593. The molecule has 1 saturated heterocycles. The Labute approximate surface area is 150 Å². The first-order valence-electron chi connectivity index (χ1n) is 9.15. The van der Waals surface area contributed by atoms with E-state index >= 15 is 0 Å². The second kappa shape index (κ2) is 8.83. The van der Waals surface area contributed by atoms with Crippen molar-refractivity contribution >= 4 is 23.8 Å². The molecule has 0 amide bonds. The SMILES string of the molecule is B[C@@H]1O[C@H](CCP(=O)(OCC)OCC)CC1O[Si](C)(C)C(C)(C)C. The zero-order chi connectivity index (χ0) is 18.6. The Bertz CT molecular complexity index is 431. The van der Waals surface area contributed by atoms with Gasteiger partial charge in [0.05, 0.1) is 31.6 Å². The summed E-state index contributed by atoms with van der Waals surface area (Å²) >= 11 is 0. The fraction of sp³-hybridized carbons (Fsp3) is 1.00. The van der Waals surface area contributed by atoms with Crippen LogP contribution in [0.5, 0.6) is 0 Å². The summed E-state index contributed by atoms with van der Waals surface area (Å²) in [6, 6.07) is 0.0719. The minimum atomic E-state index is -2.99. The monoisotopic (exact) mass is 378 g/mol. The molecule has 0 aromatic rings. The molecule has 3 atom stereocenters. The molecule has 8 heteroatoms. The molecular formula is C16H36BO5PSi. The van der Waals surface area contributed by atoms with Gasteiger partial charge >= 0.3 is 7.60 Å². The molecule has 142 valence electrons. The van der Waals surface area contributed by atoms with Crippen LogP contribution in [0.3, 0.4) is 0 Å². The summed E-state index contributed by atoms with van der Waals surface area (Å²) in [5.41, 5.74) is 0. The van der Waals surface area contributed by atoms with Crippen LogP contribution < -0.4 is 0 Å². The molecule has 1 fully saturated rings. The van der Waals surface area contributed by atoms with Gasteiger partial charge in [-0.25, -0.2) is 0 Å². The maximum absolute atomic E-state index is 12.6. The molecule has 0 N–H and O–H groups in total. The first-order valence-corrected chi connectivity index (χ1v) is 13.8. The summed E-state index contributed by atoms with van der Waals surface area (Å²) < 4.78 is 35.9. The lowest BCUT2D eigenvalue weighted by Gasteiger charge is -2.39. The summed E-state index contributed by atoms with van der Waals surface area (Å²) in [5.74, 6) is 0. The van der Waals surface area contributed by atoms with E-state index in [-0.39, 0.29) is 23.2 Å². The number of hydrogen-bond donors (Lipinski definition) is 0. The zero-order valence-electron chi connectivity index (χ0n) is 16.8. The third-order valence-electron chi connectivity index (χ3n) is 5.05. The van der Waals surface area contributed by atoms with Gasteiger partial charge in [-0.05, 0) is 38.4 Å². The van der Waals surface area contributed by atoms with Crippen molar-refractivity contribution in [1.29, 1.82) is 0 Å². The summed E-state index contributed by atoms with van der Waals surface area (Å²) in [5, 5.41) is 0.185. The van der Waals surface area contributed by atoms with Crippen LogP contribution in [0.1, 0.15) is 47.5 Å². The van der Waals surface area contributed by atoms with Crippen molar-refractivity contribution in [3.8, 4) is 0 Å². The molecule has 1 rings (SSSR count). The van der Waals surface area contributed by atoms with Crippen molar-refractivity contribution in [3.63, 3.8) is 0 Å². The number of hydrogen-bond acceptors (Lipinski definition) is 5. The first-order chi connectivity index (χ1) is 10.9. The lowest BCUT2D eigenvalue weighted by Crippen LogP contribution is -2.46. The van der Waals surface area contributed by atoms with Crippen LogP contribution in [0.25, 0.3) is 0 Å². The lowest BCUT2D eigenvalue weighted by atomic mass is 9.94. The molecule has 0 aromatic heterocycles. The van der Waals surface area contributed by atoms with Gasteiger partial charge in [-0.2, -0.15) is 0 Å². The highest BCUT2D eigenvalue weighted by atomic mass is 31.2. The highest BCUT2D eigenvalue weighted by molar-refractivity contribution is 7.53. The molecule has 1 heterocycles. The number of ether oxygens (including phenoxy) is 1. The van der Waals surface area contributed by atoms with Gasteiger partial charge in [0.2, 0.25) is 0 Å². The Morgan fingerprint density at radius 2 is 1.75 bits per heavy atom. The van der Waals surface area contributed by atoms with Gasteiger partial charge in [0.1, 0.15) is 7.85 Å². The van der Waals surface area contributed by atoms with Crippen molar-refractivity contribution in [2.75, 3.05) is 19.4 Å². The second-order valence-corrected chi connectivity index (χ2v) is 15.0. The molecule has 24 heavy (non-hydrogen) atoms. The van der Waals surface area contributed by atoms with Gasteiger partial charge in [-0.1, -0.05) is 20.8 Å². The van der Waals surface area contributed by atoms with Crippen LogP contribution in [0.2, 0.25) is 18.1 Å². The van der Waals surface area contributed by atoms with Gasteiger partial charge in [0.15, 0.2) is 8.32 Å². The van der Waals surface area contributed by atoms with Crippen LogP contribution in [-0.4, -0.2) is 53.8 Å². The molecule has 0 aliphatic carbocycles. The third kappa shape index (κ3) is 6.26.